The zero-order chi connectivity index (χ0) is 15.1. The molecule has 0 fully saturated rings. The van der Waals surface area contributed by atoms with Crippen molar-refractivity contribution in [3.8, 4) is 11.4 Å². The Morgan fingerprint density at radius 1 is 1.05 bits per heavy atom. The van der Waals surface area contributed by atoms with Crippen LogP contribution in [0.1, 0.15) is 38.2 Å². The van der Waals surface area contributed by atoms with Crippen LogP contribution in [-0.4, -0.2) is 14.9 Å². The molecule has 2 rings (SSSR count). The number of rotatable bonds is 7. The summed E-state index contributed by atoms with van der Waals surface area (Å²) in [7, 11) is 0. The summed E-state index contributed by atoms with van der Waals surface area (Å²) in [6.07, 6.45) is 9.58. The summed E-state index contributed by atoms with van der Waals surface area (Å²) in [4.78, 5) is 18.9. The minimum absolute atomic E-state index is 0.0753. The van der Waals surface area contributed by atoms with Gasteiger partial charge in [-0.05, 0) is 30.5 Å². The highest BCUT2D eigenvalue weighted by Crippen LogP contribution is 2.19. The number of non-ortho nitro benzene ring substituents is 1. The van der Waals surface area contributed by atoms with E-state index in [2.05, 4.69) is 16.9 Å². The molecule has 0 aliphatic rings. The summed E-state index contributed by atoms with van der Waals surface area (Å²) in [6.45, 7) is 2.20. The van der Waals surface area contributed by atoms with Gasteiger partial charge < -0.3 is 0 Å². The molecule has 5 heteroatoms. The Morgan fingerprint density at radius 3 is 2.29 bits per heavy atom. The maximum atomic E-state index is 10.6. The molecule has 0 N–H and O–H groups in total. The van der Waals surface area contributed by atoms with E-state index in [0.29, 0.717) is 5.82 Å². The van der Waals surface area contributed by atoms with Gasteiger partial charge in [-0.3, -0.25) is 10.1 Å². The van der Waals surface area contributed by atoms with Gasteiger partial charge in [0.05, 0.1) is 4.92 Å². The molecule has 2 aromatic rings. The Balaban J connectivity index is 1.99. The van der Waals surface area contributed by atoms with Crippen LogP contribution < -0.4 is 0 Å². The highest BCUT2D eigenvalue weighted by atomic mass is 16.6. The van der Waals surface area contributed by atoms with Crippen LogP contribution in [0.3, 0.4) is 0 Å². The van der Waals surface area contributed by atoms with E-state index in [1.54, 1.807) is 12.1 Å². The van der Waals surface area contributed by atoms with E-state index in [1.165, 1.54) is 31.4 Å². The van der Waals surface area contributed by atoms with Crippen LogP contribution in [0.15, 0.2) is 36.7 Å². The van der Waals surface area contributed by atoms with Gasteiger partial charge in [0.25, 0.3) is 5.69 Å². The van der Waals surface area contributed by atoms with Crippen molar-refractivity contribution in [3.63, 3.8) is 0 Å². The fourth-order valence-corrected chi connectivity index (χ4v) is 2.12. The summed E-state index contributed by atoms with van der Waals surface area (Å²) >= 11 is 0. The third-order valence-electron chi connectivity index (χ3n) is 3.36. The molecule has 1 heterocycles. The second-order valence-electron chi connectivity index (χ2n) is 5.03. The lowest BCUT2D eigenvalue weighted by atomic mass is 10.1. The van der Waals surface area contributed by atoms with Crippen molar-refractivity contribution in [2.45, 2.75) is 39.0 Å². The number of aryl methyl sites for hydroxylation is 1. The number of nitro benzene ring substituents is 1. The van der Waals surface area contributed by atoms with Gasteiger partial charge in [-0.2, -0.15) is 0 Å². The number of unbranched alkanes of at least 4 members (excludes halogenated alkanes) is 3. The van der Waals surface area contributed by atoms with Crippen LogP contribution in [-0.2, 0) is 6.42 Å². The topological polar surface area (TPSA) is 68.9 Å². The van der Waals surface area contributed by atoms with Crippen molar-refractivity contribution >= 4 is 5.69 Å². The van der Waals surface area contributed by atoms with E-state index in [9.17, 15) is 10.1 Å². The second-order valence-corrected chi connectivity index (χ2v) is 5.03. The molecule has 0 bridgehead atoms. The Morgan fingerprint density at radius 2 is 1.71 bits per heavy atom. The molecule has 0 aliphatic heterocycles. The lowest BCUT2D eigenvalue weighted by Gasteiger charge is -2.03. The van der Waals surface area contributed by atoms with E-state index in [-0.39, 0.29) is 5.69 Å². The van der Waals surface area contributed by atoms with Gasteiger partial charge in [0.2, 0.25) is 0 Å². The first-order valence-corrected chi connectivity index (χ1v) is 7.26. The van der Waals surface area contributed by atoms with Crippen molar-refractivity contribution in [2.75, 3.05) is 0 Å². The number of hydrogen-bond acceptors (Lipinski definition) is 4. The predicted octanol–water partition coefficient (Wildman–Crippen LogP) is 4.17. The summed E-state index contributed by atoms with van der Waals surface area (Å²) in [5, 5.41) is 10.6. The van der Waals surface area contributed by atoms with E-state index < -0.39 is 4.92 Å². The molecule has 1 aromatic carbocycles. The van der Waals surface area contributed by atoms with Crippen molar-refractivity contribution in [3.05, 3.63) is 52.3 Å². The molecule has 0 radical (unpaired) electrons. The summed E-state index contributed by atoms with van der Waals surface area (Å²) in [5.41, 5.74) is 2.00. The number of aromatic nitrogens is 2. The lowest BCUT2D eigenvalue weighted by molar-refractivity contribution is -0.384. The molecule has 0 spiro atoms. The predicted molar refractivity (Wildman–Crippen MR) is 82.0 cm³/mol. The zero-order valence-corrected chi connectivity index (χ0v) is 12.2. The third-order valence-corrected chi connectivity index (χ3v) is 3.36. The first-order chi connectivity index (χ1) is 10.2. The van der Waals surface area contributed by atoms with Crippen molar-refractivity contribution in [1.29, 1.82) is 0 Å². The zero-order valence-electron chi connectivity index (χ0n) is 12.2. The minimum atomic E-state index is -0.413. The molecule has 1 aromatic heterocycles. The lowest BCUT2D eigenvalue weighted by Crippen LogP contribution is -1.94. The molecule has 110 valence electrons. The first-order valence-electron chi connectivity index (χ1n) is 7.26. The fourth-order valence-electron chi connectivity index (χ4n) is 2.12. The highest BCUT2D eigenvalue weighted by Gasteiger charge is 2.06. The smallest absolute Gasteiger partial charge is 0.258 e. The molecule has 0 saturated heterocycles. The summed E-state index contributed by atoms with van der Waals surface area (Å²) in [6, 6.07) is 6.29. The Kier molecular flexibility index (Phi) is 5.37. The standard InChI is InChI=1S/C16H19N3O2/c1-2-3-4-5-6-13-11-17-16(18-12-13)14-7-9-15(10-8-14)19(20)21/h7-12H,2-6H2,1H3. The molecular weight excluding hydrogens is 266 g/mol. The summed E-state index contributed by atoms with van der Waals surface area (Å²) in [5.74, 6) is 0.599. The highest BCUT2D eigenvalue weighted by molar-refractivity contribution is 5.56. The average molecular weight is 285 g/mol. The number of benzene rings is 1. The monoisotopic (exact) mass is 285 g/mol. The van der Waals surface area contributed by atoms with Crippen LogP contribution in [0.5, 0.6) is 0 Å². The number of hydrogen-bond donors (Lipinski definition) is 0. The van der Waals surface area contributed by atoms with E-state index in [4.69, 9.17) is 0 Å². The Hall–Kier alpha value is -2.30. The van der Waals surface area contributed by atoms with Crippen LogP contribution in [0.25, 0.3) is 11.4 Å². The molecule has 0 unspecified atom stereocenters. The number of nitro groups is 1. The third kappa shape index (κ3) is 4.34. The quantitative estimate of drug-likeness (QED) is 0.435. The van der Waals surface area contributed by atoms with Crippen LogP contribution >= 0.6 is 0 Å². The van der Waals surface area contributed by atoms with Gasteiger partial charge in [-0.15, -0.1) is 0 Å². The summed E-state index contributed by atoms with van der Waals surface area (Å²) < 4.78 is 0. The van der Waals surface area contributed by atoms with Gasteiger partial charge in [0.15, 0.2) is 5.82 Å². The van der Waals surface area contributed by atoms with Gasteiger partial charge in [-0.1, -0.05) is 26.2 Å². The molecule has 0 saturated carbocycles. The maximum Gasteiger partial charge on any atom is 0.269 e. The first kappa shape index (κ1) is 15.1. The van der Waals surface area contributed by atoms with Gasteiger partial charge in [0, 0.05) is 30.1 Å². The van der Waals surface area contributed by atoms with Crippen LogP contribution in [0.2, 0.25) is 0 Å². The van der Waals surface area contributed by atoms with Crippen LogP contribution in [0.4, 0.5) is 5.69 Å². The second kappa shape index (κ2) is 7.47. The van der Waals surface area contributed by atoms with E-state index >= 15 is 0 Å². The Bertz CT molecular complexity index is 579. The normalized spacial score (nSPS) is 10.5. The molecule has 0 aliphatic carbocycles. The van der Waals surface area contributed by atoms with Crippen molar-refractivity contribution in [1.82, 2.24) is 9.97 Å². The van der Waals surface area contributed by atoms with Gasteiger partial charge in [0.1, 0.15) is 0 Å². The fraction of sp³-hybridized carbons (Fsp3) is 0.375. The molecule has 0 atom stereocenters. The van der Waals surface area contributed by atoms with E-state index in [0.717, 1.165) is 24.0 Å². The SMILES string of the molecule is CCCCCCc1cnc(-c2ccc([N+](=O)[O-])cc2)nc1. The van der Waals surface area contributed by atoms with Crippen molar-refractivity contribution in [2.24, 2.45) is 0 Å². The van der Waals surface area contributed by atoms with Gasteiger partial charge in [-0.25, -0.2) is 9.97 Å². The molecule has 0 amide bonds. The van der Waals surface area contributed by atoms with Gasteiger partial charge >= 0.3 is 0 Å². The van der Waals surface area contributed by atoms with E-state index in [1.807, 2.05) is 12.4 Å². The van der Waals surface area contributed by atoms with Crippen molar-refractivity contribution < 1.29 is 4.92 Å². The number of nitrogens with zero attached hydrogens (tertiary/aromatic N) is 3. The maximum absolute atomic E-state index is 10.6. The van der Waals surface area contributed by atoms with Crippen LogP contribution in [0, 0.1) is 10.1 Å². The largest absolute Gasteiger partial charge is 0.269 e. The molecule has 21 heavy (non-hydrogen) atoms. The molecular formula is C16H19N3O2. The minimum Gasteiger partial charge on any atom is -0.258 e. The average Bonchev–Trinajstić information content (AvgIpc) is 2.52. The Labute approximate surface area is 124 Å². The molecule has 5 nitrogen and oxygen atoms in total.